The fourth-order valence-electron chi connectivity index (χ4n) is 7.21. The van der Waals surface area contributed by atoms with Gasteiger partial charge in [0.15, 0.2) is 11.6 Å². The lowest BCUT2D eigenvalue weighted by molar-refractivity contribution is -0.138. The third-order valence-electron chi connectivity index (χ3n) is 10.6. The number of carbonyl (C=O) groups excluding carboxylic acids is 6. The highest BCUT2D eigenvalue weighted by molar-refractivity contribution is 7.99. The number of thioether (sulfide) groups is 2. The van der Waals surface area contributed by atoms with E-state index in [2.05, 4.69) is 10.6 Å². The van der Waals surface area contributed by atoms with Gasteiger partial charge in [0.2, 0.25) is 11.8 Å². The van der Waals surface area contributed by atoms with Crippen molar-refractivity contribution in [3.8, 4) is 0 Å². The van der Waals surface area contributed by atoms with E-state index in [0.29, 0.717) is 51.4 Å². The first-order valence-corrected chi connectivity index (χ1v) is 24.5. The predicted molar refractivity (Wildman–Crippen MR) is 258 cm³/mol. The average Bonchev–Trinajstić information content (AvgIpc) is 3.28. The Labute approximate surface area is 411 Å². The third-order valence-corrected chi connectivity index (χ3v) is 13.1. The van der Waals surface area contributed by atoms with Crippen molar-refractivity contribution in [3.63, 3.8) is 0 Å². The highest BCUT2D eigenvalue weighted by Crippen LogP contribution is 2.39. The summed E-state index contributed by atoms with van der Waals surface area (Å²) in [5, 5.41) is 19.9. The molecule has 0 aliphatic carbocycles. The van der Waals surface area contributed by atoms with Crippen molar-refractivity contribution in [2.45, 2.75) is 112 Å². The number of hydrogen-bond donors (Lipinski definition) is 8. The molecule has 2 amide bonds. The molecule has 3 rings (SSSR count). The van der Waals surface area contributed by atoms with Crippen molar-refractivity contribution in [1.29, 1.82) is 10.8 Å². The van der Waals surface area contributed by atoms with Crippen LogP contribution < -0.4 is 33.6 Å². The summed E-state index contributed by atoms with van der Waals surface area (Å²) in [6.07, 6.45) is -7.98. The van der Waals surface area contributed by atoms with Gasteiger partial charge in [0.25, 0.3) is 0 Å². The van der Waals surface area contributed by atoms with Gasteiger partial charge < -0.3 is 33.6 Å². The van der Waals surface area contributed by atoms with Crippen LogP contribution in [0, 0.1) is 10.8 Å². The van der Waals surface area contributed by atoms with Crippen molar-refractivity contribution in [2.24, 2.45) is 22.9 Å². The zero-order valence-corrected chi connectivity index (χ0v) is 40.2. The molecule has 0 aromatic heterocycles. The molecule has 14 nitrogen and oxygen atoms in total. The smallest absolute Gasteiger partial charge is 0.388 e. The maximum Gasteiger partial charge on any atom is 0.416 e. The average molecular weight is 1020 g/mol. The second-order valence-electron chi connectivity index (χ2n) is 16.4. The Morgan fingerprint density at radius 1 is 0.514 bits per heavy atom. The zero-order chi connectivity index (χ0) is 52.0. The van der Waals surface area contributed by atoms with Crippen LogP contribution in [0.2, 0.25) is 0 Å². The minimum absolute atomic E-state index is 0.00573. The highest BCUT2D eigenvalue weighted by Gasteiger charge is 2.34. The van der Waals surface area contributed by atoms with Crippen molar-refractivity contribution >= 4 is 70.1 Å². The summed E-state index contributed by atoms with van der Waals surface area (Å²) in [5.41, 5.74) is 19.0. The molecule has 0 atom stereocenters. The number of benzene rings is 3. The highest BCUT2D eigenvalue weighted by atomic mass is 32.2. The standard InChI is InChI=1S/C48H60F6N8O6S2/c49-47(50,51)35-19-31(23-37(63)10-3-1-5-12-41(57)58)45(69-16-14-61-43(67)27-55)33(21-35)25-39(65)29-8-7-9-30(18-29)40(66)26-34-22-36(48(52,53)54)20-32(46(34)70-17-15-62-44(68)28-56)24-38(64)11-4-2-6-13-42(59)60/h7-9,18-22H,1-6,10-17,23-28,55-56H2,(H3,57,58)(H3,59,60)(H,61,67)(H,62,68). The fourth-order valence-corrected chi connectivity index (χ4v) is 9.29. The number of amides is 2. The van der Waals surface area contributed by atoms with E-state index in [1.807, 2.05) is 0 Å². The van der Waals surface area contributed by atoms with Crippen LogP contribution >= 0.6 is 23.5 Å². The normalized spacial score (nSPS) is 11.5. The Morgan fingerprint density at radius 3 is 1.19 bits per heavy atom. The number of amidine groups is 2. The molecule has 382 valence electrons. The van der Waals surface area contributed by atoms with Gasteiger partial charge in [-0.25, -0.2) is 0 Å². The number of nitrogens with one attached hydrogen (secondary N) is 4. The Kier molecular flexibility index (Phi) is 24.3. The maximum absolute atomic E-state index is 14.4. The second-order valence-corrected chi connectivity index (χ2v) is 18.6. The van der Waals surface area contributed by atoms with Crippen LogP contribution in [0.4, 0.5) is 26.3 Å². The van der Waals surface area contributed by atoms with Crippen LogP contribution in [0.1, 0.15) is 118 Å². The Hall–Kier alpha value is -5.58. The van der Waals surface area contributed by atoms with Gasteiger partial charge in [-0.05, 0) is 78.3 Å². The summed E-state index contributed by atoms with van der Waals surface area (Å²) < 4.78 is 86.5. The molecular weight excluding hydrogens is 963 g/mol. The molecule has 0 aliphatic heterocycles. The Bertz CT molecular complexity index is 2210. The molecule has 12 N–H and O–H groups in total. The summed E-state index contributed by atoms with van der Waals surface area (Å²) >= 11 is 2.07. The van der Waals surface area contributed by atoms with Gasteiger partial charge in [-0.3, -0.25) is 39.6 Å². The van der Waals surface area contributed by atoms with Crippen molar-refractivity contribution < 1.29 is 55.1 Å². The zero-order valence-electron chi connectivity index (χ0n) is 38.6. The lowest BCUT2D eigenvalue weighted by atomic mass is 9.93. The number of Topliss-reactive ketones (excluding diaryl/α,β-unsaturated/α-hetero) is 4. The quantitative estimate of drug-likeness (QED) is 0.00792. The minimum atomic E-state index is -4.88. The van der Waals surface area contributed by atoms with Gasteiger partial charge in [0.1, 0.15) is 11.6 Å². The van der Waals surface area contributed by atoms with Gasteiger partial charge in [-0.15, -0.1) is 23.5 Å². The summed E-state index contributed by atoms with van der Waals surface area (Å²) in [5.74, 6) is -2.86. The van der Waals surface area contributed by atoms with E-state index >= 15 is 0 Å². The number of hydrogen-bond acceptors (Lipinski definition) is 12. The monoisotopic (exact) mass is 1020 g/mol. The van der Waals surface area contributed by atoms with E-state index < -0.39 is 72.5 Å². The molecule has 0 spiro atoms. The van der Waals surface area contributed by atoms with Crippen LogP contribution in [-0.2, 0) is 57.2 Å². The van der Waals surface area contributed by atoms with Crippen molar-refractivity contribution in [3.05, 3.63) is 93.0 Å². The lowest BCUT2D eigenvalue weighted by Gasteiger charge is -2.19. The van der Waals surface area contributed by atoms with Gasteiger partial charge in [0.05, 0.1) is 35.9 Å². The molecule has 22 heteroatoms. The van der Waals surface area contributed by atoms with Crippen LogP contribution in [0.25, 0.3) is 0 Å². The van der Waals surface area contributed by atoms with Crippen LogP contribution in [0.15, 0.2) is 58.3 Å². The van der Waals surface area contributed by atoms with E-state index in [-0.39, 0.29) is 117 Å². The number of unbranched alkanes of at least 4 members (excludes halogenated alkanes) is 4. The number of carbonyl (C=O) groups is 6. The van der Waals surface area contributed by atoms with Gasteiger partial charge in [0, 0.05) is 96.9 Å². The van der Waals surface area contributed by atoms with E-state index in [1.165, 1.54) is 24.3 Å². The first-order valence-electron chi connectivity index (χ1n) is 22.5. The molecular formula is C48H60F6N8O6S2. The summed E-state index contributed by atoms with van der Waals surface area (Å²) in [6, 6.07) is 8.57. The largest absolute Gasteiger partial charge is 0.416 e. The minimum Gasteiger partial charge on any atom is -0.388 e. The molecule has 0 aliphatic rings. The van der Waals surface area contributed by atoms with E-state index in [1.54, 1.807) is 0 Å². The van der Waals surface area contributed by atoms with Gasteiger partial charge in [-0.1, -0.05) is 31.0 Å². The van der Waals surface area contributed by atoms with Crippen molar-refractivity contribution in [2.75, 3.05) is 37.7 Å². The Balaban J connectivity index is 2.02. The number of ketones is 4. The topological polar surface area (TPSA) is 278 Å². The SMILES string of the molecule is N=C(N)CCCCCC(=O)Cc1cc(C(F)(F)F)cc(CC(=O)c2cccc(C(=O)Cc3cc(C(F)(F)F)cc(CC(=O)CCCCCC(=N)N)c3SCCNC(=O)CN)c2)c1SCCNC(=O)CN. The molecule has 0 unspecified atom stereocenters. The van der Waals surface area contributed by atoms with E-state index in [4.69, 9.17) is 33.8 Å². The van der Waals surface area contributed by atoms with E-state index in [9.17, 15) is 55.1 Å². The molecule has 0 bridgehead atoms. The van der Waals surface area contributed by atoms with Gasteiger partial charge >= 0.3 is 12.4 Å². The number of alkyl halides is 6. The molecule has 0 saturated heterocycles. The van der Waals surface area contributed by atoms with Crippen LogP contribution in [-0.4, -0.2) is 84.3 Å². The summed E-state index contributed by atoms with van der Waals surface area (Å²) in [6.45, 7) is -0.494. The second kappa shape index (κ2) is 28.9. The molecule has 3 aromatic carbocycles. The number of nitrogens with two attached hydrogens (primary N) is 4. The molecule has 70 heavy (non-hydrogen) atoms. The van der Waals surface area contributed by atoms with Crippen LogP contribution in [0.5, 0.6) is 0 Å². The summed E-state index contributed by atoms with van der Waals surface area (Å²) in [4.78, 5) is 78.5. The molecule has 3 aromatic rings. The van der Waals surface area contributed by atoms with Gasteiger partial charge in [-0.2, -0.15) is 26.3 Å². The molecule has 0 heterocycles. The third kappa shape index (κ3) is 20.8. The predicted octanol–water partition coefficient (Wildman–Crippen LogP) is 6.91. The first kappa shape index (κ1) is 58.7. The van der Waals surface area contributed by atoms with E-state index in [0.717, 1.165) is 47.8 Å². The lowest BCUT2D eigenvalue weighted by Crippen LogP contribution is -2.31. The Morgan fingerprint density at radius 2 is 0.857 bits per heavy atom. The molecule has 0 fully saturated rings. The molecule has 0 saturated carbocycles. The maximum atomic E-state index is 14.4. The number of halogens is 6. The first-order chi connectivity index (χ1) is 33.0. The number of rotatable bonds is 32. The van der Waals surface area contributed by atoms with Crippen molar-refractivity contribution in [1.82, 2.24) is 10.6 Å². The molecule has 0 radical (unpaired) electrons. The summed E-state index contributed by atoms with van der Waals surface area (Å²) in [7, 11) is 0. The van der Waals surface area contributed by atoms with Crippen LogP contribution in [0.3, 0.4) is 0 Å². The fraction of sp³-hybridized carbons (Fsp3) is 0.458.